The molecule has 0 saturated heterocycles. The molecule has 0 aromatic carbocycles. The molecule has 0 fully saturated rings. The van der Waals surface area contributed by atoms with Gasteiger partial charge < -0.3 is 9.47 Å². The Morgan fingerprint density at radius 3 is 3.00 bits per heavy atom. The van der Waals surface area contributed by atoms with Gasteiger partial charge in [-0.1, -0.05) is 0 Å². The number of nitrogens with zero attached hydrogens (tertiary/aromatic N) is 1. The average molecular weight is 195 g/mol. The van der Waals surface area contributed by atoms with E-state index in [4.69, 9.17) is 4.74 Å². The minimum absolute atomic E-state index is 0.356. The van der Waals surface area contributed by atoms with E-state index in [0.29, 0.717) is 18.8 Å². The van der Waals surface area contributed by atoms with Crippen molar-refractivity contribution in [3.63, 3.8) is 0 Å². The fourth-order valence-electron chi connectivity index (χ4n) is 1.01. The van der Waals surface area contributed by atoms with Gasteiger partial charge in [0.05, 0.1) is 25.0 Å². The number of hydrogen-bond donors (Lipinski definition) is 0. The van der Waals surface area contributed by atoms with Gasteiger partial charge in [0.1, 0.15) is 0 Å². The first-order valence-corrected chi connectivity index (χ1v) is 4.39. The van der Waals surface area contributed by atoms with Gasteiger partial charge in [-0.05, 0) is 19.1 Å². The smallest absolute Gasteiger partial charge is 0.337 e. The highest BCUT2D eigenvalue weighted by atomic mass is 16.5. The van der Waals surface area contributed by atoms with E-state index in [9.17, 15) is 4.79 Å². The molecule has 1 aromatic rings. The van der Waals surface area contributed by atoms with E-state index in [1.165, 1.54) is 7.11 Å². The molecule has 0 unspecified atom stereocenters. The molecule has 0 atom stereocenters. The highest BCUT2D eigenvalue weighted by molar-refractivity contribution is 5.89. The molecule has 4 heteroatoms. The van der Waals surface area contributed by atoms with Gasteiger partial charge in [-0.25, -0.2) is 4.79 Å². The van der Waals surface area contributed by atoms with Gasteiger partial charge in [-0.15, -0.1) is 0 Å². The van der Waals surface area contributed by atoms with Crippen molar-refractivity contribution in [1.82, 2.24) is 4.98 Å². The summed E-state index contributed by atoms with van der Waals surface area (Å²) in [5, 5.41) is 0. The fourth-order valence-corrected chi connectivity index (χ4v) is 1.01. The van der Waals surface area contributed by atoms with Crippen LogP contribution >= 0.6 is 0 Å². The molecule has 0 aliphatic heterocycles. The lowest BCUT2D eigenvalue weighted by Gasteiger charge is -2.02. The summed E-state index contributed by atoms with van der Waals surface area (Å²) < 4.78 is 9.76. The van der Waals surface area contributed by atoms with Crippen LogP contribution in [-0.2, 0) is 16.1 Å². The van der Waals surface area contributed by atoms with Gasteiger partial charge in [0, 0.05) is 12.8 Å². The Morgan fingerprint density at radius 2 is 2.36 bits per heavy atom. The van der Waals surface area contributed by atoms with Crippen molar-refractivity contribution in [3.8, 4) is 0 Å². The zero-order valence-corrected chi connectivity index (χ0v) is 8.32. The van der Waals surface area contributed by atoms with E-state index in [0.717, 1.165) is 5.69 Å². The van der Waals surface area contributed by atoms with Gasteiger partial charge in [-0.2, -0.15) is 0 Å². The van der Waals surface area contributed by atoms with Crippen molar-refractivity contribution in [2.45, 2.75) is 13.5 Å². The molecule has 76 valence electrons. The lowest BCUT2D eigenvalue weighted by Crippen LogP contribution is -2.03. The summed E-state index contributed by atoms with van der Waals surface area (Å²) in [7, 11) is 1.35. The van der Waals surface area contributed by atoms with Crippen molar-refractivity contribution in [3.05, 3.63) is 29.6 Å². The van der Waals surface area contributed by atoms with E-state index >= 15 is 0 Å². The first-order valence-electron chi connectivity index (χ1n) is 4.39. The first kappa shape index (κ1) is 10.7. The quantitative estimate of drug-likeness (QED) is 0.681. The van der Waals surface area contributed by atoms with Gasteiger partial charge in [0.15, 0.2) is 0 Å². The second-order valence-electron chi connectivity index (χ2n) is 2.66. The lowest BCUT2D eigenvalue weighted by atomic mass is 10.2. The Morgan fingerprint density at radius 1 is 1.57 bits per heavy atom. The molecule has 1 aromatic heterocycles. The Kier molecular flexibility index (Phi) is 4.07. The van der Waals surface area contributed by atoms with Crippen molar-refractivity contribution in [2.75, 3.05) is 13.7 Å². The third-order valence-electron chi connectivity index (χ3n) is 1.69. The van der Waals surface area contributed by atoms with Crippen LogP contribution in [0.4, 0.5) is 0 Å². The van der Waals surface area contributed by atoms with Gasteiger partial charge >= 0.3 is 5.97 Å². The number of esters is 1. The summed E-state index contributed by atoms with van der Waals surface area (Å²) in [5.41, 5.74) is 1.23. The molecule has 14 heavy (non-hydrogen) atoms. The van der Waals surface area contributed by atoms with Crippen molar-refractivity contribution in [2.24, 2.45) is 0 Å². The fraction of sp³-hybridized carbons (Fsp3) is 0.400. The Hall–Kier alpha value is -1.42. The molecule has 0 amide bonds. The molecule has 0 saturated carbocycles. The molecule has 0 radical (unpaired) electrons. The van der Waals surface area contributed by atoms with E-state index < -0.39 is 0 Å². The molecular formula is C10H13NO3. The van der Waals surface area contributed by atoms with Crippen LogP contribution in [0.5, 0.6) is 0 Å². The van der Waals surface area contributed by atoms with Gasteiger partial charge in [-0.3, -0.25) is 4.98 Å². The topological polar surface area (TPSA) is 48.4 Å². The number of hydrogen-bond acceptors (Lipinski definition) is 4. The predicted octanol–water partition coefficient (Wildman–Crippen LogP) is 1.40. The third kappa shape index (κ3) is 2.81. The summed E-state index contributed by atoms with van der Waals surface area (Å²) >= 11 is 0. The SMILES string of the molecule is CCOCc1cc(C(=O)OC)ccn1. The third-order valence-corrected chi connectivity index (χ3v) is 1.69. The van der Waals surface area contributed by atoms with Gasteiger partial charge in [0.2, 0.25) is 0 Å². The number of carbonyl (C=O) groups is 1. The van der Waals surface area contributed by atoms with E-state index in [1.54, 1.807) is 18.3 Å². The molecule has 0 spiro atoms. The minimum atomic E-state index is -0.356. The maximum Gasteiger partial charge on any atom is 0.337 e. The number of pyridine rings is 1. The molecule has 4 nitrogen and oxygen atoms in total. The molecule has 0 aliphatic rings. The lowest BCUT2D eigenvalue weighted by molar-refractivity contribution is 0.0600. The normalized spacial score (nSPS) is 9.86. The number of rotatable bonds is 4. The Balaban J connectivity index is 2.73. The maximum atomic E-state index is 11.1. The highest BCUT2D eigenvalue weighted by Crippen LogP contribution is 2.04. The van der Waals surface area contributed by atoms with E-state index in [1.807, 2.05) is 6.92 Å². The van der Waals surface area contributed by atoms with Crippen LogP contribution in [0.25, 0.3) is 0 Å². The molecule has 1 heterocycles. The Labute approximate surface area is 82.9 Å². The second kappa shape index (κ2) is 5.34. The van der Waals surface area contributed by atoms with E-state index in [-0.39, 0.29) is 5.97 Å². The standard InChI is InChI=1S/C10H13NO3/c1-3-14-7-9-6-8(4-5-11-9)10(12)13-2/h4-6H,3,7H2,1-2H3. The summed E-state index contributed by atoms with van der Waals surface area (Å²) in [5.74, 6) is -0.356. The molecule has 0 bridgehead atoms. The molecule has 1 rings (SSSR count). The minimum Gasteiger partial charge on any atom is -0.465 e. The largest absolute Gasteiger partial charge is 0.465 e. The summed E-state index contributed by atoms with van der Waals surface area (Å²) in [6, 6.07) is 3.28. The van der Waals surface area contributed by atoms with Crippen LogP contribution in [0.1, 0.15) is 23.0 Å². The van der Waals surface area contributed by atoms with Gasteiger partial charge in [0.25, 0.3) is 0 Å². The predicted molar refractivity (Wildman–Crippen MR) is 50.9 cm³/mol. The monoisotopic (exact) mass is 195 g/mol. The first-order chi connectivity index (χ1) is 6.77. The zero-order valence-electron chi connectivity index (χ0n) is 8.32. The molecular weight excluding hydrogens is 182 g/mol. The number of methoxy groups -OCH3 is 1. The van der Waals surface area contributed by atoms with E-state index in [2.05, 4.69) is 9.72 Å². The van der Waals surface area contributed by atoms with Crippen molar-refractivity contribution < 1.29 is 14.3 Å². The van der Waals surface area contributed by atoms with Crippen LogP contribution in [0.2, 0.25) is 0 Å². The maximum absolute atomic E-state index is 11.1. The van der Waals surface area contributed by atoms with Crippen LogP contribution in [0, 0.1) is 0 Å². The summed E-state index contributed by atoms with van der Waals surface area (Å²) in [6.45, 7) is 2.95. The van der Waals surface area contributed by atoms with Crippen LogP contribution < -0.4 is 0 Å². The van der Waals surface area contributed by atoms with Crippen LogP contribution in [0.15, 0.2) is 18.3 Å². The summed E-state index contributed by atoms with van der Waals surface area (Å²) in [4.78, 5) is 15.2. The number of aromatic nitrogens is 1. The summed E-state index contributed by atoms with van der Waals surface area (Å²) in [6.07, 6.45) is 1.57. The molecule has 0 N–H and O–H groups in total. The van der Waals surface area contributed by atoms with Crippen molar-refractivity contribution >= 4 is 5.97 Å². The van der Waals surface area contributed by atoms with Crippen LogP contribution in [-0.4, -0.2) is 24.7 Å². The van der Waals surface area contributed by atoms with Crippen molar-refractivity contribution in [1.29, 1.82) is 0 Å². The number of ether oxygens (including phenoxy) is 2. The average Bonchev–Trinajstić information content (AvgIpc) is 2.25. The Bertz CT molecular complexity index is 312. The van der Waals surface area contributed by atoms with Crippen LogP contribution in [0.3, 0.4) is 0 Å². The second-order valence-corrected chi connectivity index (χ2v) is 2.66. The highest BCUT2D eigenvalue weighted by Gasteiger charge is 2.05. The zero-order chi connectivity index (χ0) is 10.4. The molecule has 0 aliphatic carbocycles. The number of carbonyl (C=O) groups excluding carboxylic acids is 1.